The highest BCUT2D eigenvalue weighted by Crippen LogP contribution is 2.35. The highest BCUT2D eigenvalue weighted by molar-refractivity contribution is 8.00. The molecule has 7 heteroatoms. The lowest BCUT2D eigenvalue weighted by molar-refractivity contribution is -0.110. The number of ether oxygens (including phenoxy) is 1. The van der Waals surface area contributed by atoms with Gasteiger partial charge in [0, 0.05) is 16.7 Å². The molecule has 1 aliphatic heterocycles. The molecule has 1 heterocycles. The summed E-state index contributed by atoms with van der Waals surface area (Å²) >= 11 is 8.01. The van der Waals surface area contributed by atoms with Gasteiger partial charge in [0.1, 0.15) is 11.3 Å². The zero-order valence-electron chi connectivity index (χ0n) is 15.0. The zero-order valence-corrected chi connectivity index (χ0v) is 16.5. The van der Waals surface area contributed by atoms with Gasteiger partial charge in [-0.2, -0.15) is 5.26 Å². The lowest BCUT2D eigenvalue weighted by Gasteiger charge is -2.10. The predicted octanol–water partition coefficient (Wildman–Crippen LogP) is 3.62. The molecule has 138 valence electrons. The molecule has 0 radical (unpaired) electrons. The van der Waals surface area contributed by atoms with E-state index < -0.39 is 5.54 Å². The molecule has 1 aliphatic carbocycles. The van der Waals surface area contributed by atoms with Crippen LogP contribution in [0.4, 0.5) is 0 Å². The van der Waals surface area contributed by atoms with Gasteiger partial charge >= 0.3 is 0 Å². The second-order valence-electron chi connectivity index (χ2n) is 5.49. The lowest BCUT2D eigenvalue weighted by Crippen LogP contribution is -2.27. The van der Waals surface area contributed by atoms with Gasteiger partial charge in [0.25, 0.3) is 0 Å². The Morgan fingerprint density at radius 2 is 2.20 bits per heavy atom. The number of nitrogens with zero attached hydrogens (tertiary/aromatic N) is 1. The van der Waals surface area contributed by atoms with E-state index in [1.807, 2.05) is 49.9 Å². The predicted molar refractivity (Wildman–Crippen MR) is 103 cm³/mol. The molecular weight excluding hydrogens is 358 g/mol. The summed E-state index contributed by atoms with van der Waals surface area (Å²) in [5, 5.41) is 15.5. The number of nitriles is 1. The number of methoxy groups -OCH3 is 1. The van der Waals surface area contributed by atoms with Crippen LogP contribution >= 0.6 is 23.4 Å². The third kappa shape index (κ3) is 7.15. The summed E-state index contributed by atoms with van der Waals surface area (Å²) in [7, 11) is 1.65. The second-order valence-corrected chi connectivity index (χ2v) is 7.23. The summed E-state index contributed by atoms with van der Waals surface area (Å²) in [5.41, 5.74) is -0.470. The van der Waals surface area contributed by atoms with Gasteiger partial charge in [-0.15, -0.1) is 11.8 Å². The fourth-order valence-corrected chi connectivity index (χ4v) is 3.56. The molecule has 1 amide bonds. The molecule has 3 rings (SSSR count). The Balaban J connectivity index is 0.000000264. The van der Waals surface area contributed by atoms with Crippen molar-refractivity contribution in [3.63, 3.8) is 0 Å². The second kappa shape index (κ2) is 11.2. The number of carbonyl (C=O) groups excluding carboxylic acids is 1. The molecule has 2 aliphatic rings. The number of benzene rings is 1. The van der Waals surface area contributed by atoms with Crippen LogP contribution in [-0.4, -0.2) is 37.4 Å². The molecule has 0 aromatic heterocycles. The Labute approximate surface area is 159 Å². The number of nitrogens with one attached hydrogen (secondary N) is 2. The van der Waals surface area contributed by atoms with E-state index in [9.17, 15) is 4.79 Å². The molecule has 5 nitrogen and oxygen atoms in total. The Hall–Kier alpha value is -1.42. The van der Waals surface area contributed by atoms with Gasteiger partial charge < -0.3 is 15.4 Å². The molecule has 1 saturated carbocycles. The molecule has 1 atom stereocenters. The molecular formula is C18H26ClN3O2S. The van der Waals surface area contributed by atoms with Crippen molar-refractivity contribution < 1.29 is 9.53 Å². The first-order valence-corrected chi connectivity index (χ1v) is 9.72. The van der Waals surface area contributed by atoms with Crippen molar-refractivity contribution in [2.24, 2.45) is 0 Å². The standard InChI is InChI=1S/C11H14ClNOS.C5H6N2O.C2H6/c1-14-8-2-3-11(10(12)6-8)15-9-4-5-13-7-9;6-3-5(1-2-5)7-4-8;1-2/h2-3,6,9,13H,4-5,7H2,1H3;4H,1-2H2,(H,7,8);1-2H3. The van der Waals surface area contributed by atoms with Crippen molar-refractivity contribution in [1.29, 1.82) is 5.26 Å². The summed E-state index contributed by atoms with van der Waals surface area (Å²) < 4.78 is 5.11. The lowest BCUT2D eigenvalue weighted by atomic mass is 10.3. The molecule has 0 spiro atoms. The number of hydrogen-bond donors (Lipinski definition) is 2. The molecule has 1 unspecified atom stereocenters. The Kier molecular flexibility index (Phi) is 9.73. The number of carbonyl (C=O) groups is 1. The van der Waals surface area contributed by atoms with E-state index in [4.69, 9.17) is 21.6 Å². The first-order valence-electron chi connectivity index (χ1n) is 8.46. The van der Waals surface area contributed by atoms with Crippen molar-refractivity contribution >= 4 is 29.8 Å². The fraction of sp³-hybridized carbons (Fsp3) is 0.556. The van der Waals surface area contributed by atoms with Crippen LogP contribution in [0.2, 0.25) is 5.02 Å². The van der Waals surface area contributed by atoms with Crippen LogP contribution in [0.5, 0.6) is 5.75 Å². The zero-order chi connectivity index (χ0) is 18.7. The van der Waals surface area contributed by atoms with Gasteiger partial charge in [0.05, 0.1) is 18.2 Å². The maximum Gasteiger partial charge on any atom is 0.208 e. The maximum atomic E-state index is 9.76. The Morgan fingerprint density at radius 1 is 1.48 bits per heavy atom. The molecule has 0 bridgehead atoms. The highest BCUT2D eigenvalue weighted by Gasteiger charge is 2.42. The van der Waals surface area contributed by atoms with Gasteiger partial charge in [-0.05, 0) is 44.0 Å². The minimum absolute atomic E-state index is 0.470. The summed E-state index contributed by atoms with van der Waals surface area (Å²) in [5.74, 6) is 0.814. The van der Waals surface area contributed by atoms with Crippen LogP contribution in [0.3, 0.4) is 0 Å². The Morgan fingerprint density at radius 3 is 2.60 bits per heavy atom. The van der Waals surface area contributed by atoms with Crippen LogP contribution in [0.25, 0.3) is 0 Å². The summed E-state index contributed by atoms with van der Waals surface area (Å²) in [6.45, 7) is 6.19. The smallest absolute Gasteiger partial charge is 0.208 e. The van der Waals surface area contributed by atoms with E-state index in [1.54, 1.807) is 7.11 Å². The number of rotatable bonds is 5. The van der Waals surface area contributed by atoms with Crippen molar-refractivity contribution in [3.8, 4) is 11.8 Å². The number of hydrogen-bond acceptors (Lipinski definition) is 5. The van der Waals surface area contributed by atoms with Gasteiger partial charge in [-0.25, -0.2) is 0 Å². The number of amides is 1. The van der Waals surface area contributed by atoms with Crippen LogP contribution in [0, 0.1) is 11.3 Å². The molecule has 2 N–H and O–H groups in total. The highest BCUT2D eigenvalue weighted by atomic mass is 35.5. The molecule has 1 aromatic rings. The van der Waals surface area contributed by atoms with E-state index >= 15 is 0 Å². The van der Waals surface area contributed by atoms with Gasteiger partial charge in [-0.1, -0.05) is 25.4 Å². The monoisotopic (exact) mass is 383 g/mol. The van der Waals surface area contributed by atoms with E-state index in [1.165, 1.54) is 6.42 Å². The molecule has 25 heavy (non-hydrogen) atoms. The first-order chi connectivity index (χ1) is 12.1. The van der Waals surface area contributed by atoms with Crippen molar-refractivity contribution in [2.75, 3.05) is 20.2 Å². The average molecular weight is 384 g/mol. The van der Waals surface area contributed by atoms with E-state index in [0.717, 1.165) is 41.6 Å². The van der Waals surface area contributed by atoms with Crippen molar-refractivity contribution in [2.45, 2.75) is 48.8 Å². The van der Waals surface area contributed by atoms with Gasteiger partial charge in [0.2, 0.25) is 6.41 Å². The first kappa shape index (κ1) is 21.6. The molecule has 1 aromatic carbocycles. The molecule has 1 saturated heterocycles. The van der Waals surface area contributed by atoms with E-state index in [2.05, 4.69) is 10.6 Å². The van der Waals surface area contributed by atoms with Crippen molar-refractivity contribution in [3.05, 3.63) is 23.2 Å². The van der Waals surface area contributed by atoms with E-state index in [0.29, 0.717) is 11.7 Å². The maximum absolute atomic E-state index is 9.76. The number of halogens is 1. The third-order valence-electron chi connectivity index (χ3n) is 3.75. The summed E-state index contributed by atoms with van der Waals surface area (Å²) in [4.78, 5) is 10.9. The number of thioether (sulfide) groups is 1. The SMILES string of the molecule is CC.COc1ccc(SC2CCNC2)c(Cl)c1.N#CC1(NC=O)CC1. The third-order valence-corrected chi connectivity index (χ3v) is 5.52. The summed E-state index contributed by atoms with van der Waals surface area (Å²) in [6, 6.07) is 7.87. The largest absolute Gasteiger partial charge is 0.497 e. The molecule has 2 fully saturated rings. The quantitative estimate of drug-likeness (QED) is 0.759. The Bertz CT molecular complexity index is 582. The van der Waals surface area contributed by atoms with Crippen LogP contribution in [0.15, 0.2) is 23.1 Å². The topological polar surface area (TPSA) is 74.2 Å². The summed E-state index contributed by atoms with van der Waals surface area (Å²) in [6.07, 6.45) is 3.41. The van der Waals surface area contributed by atoms with Gasteiger partial charge in [0.15, 0.2) is 0 Å². The fourth-order valence-electron chi connectivity index (χ4n) is 2.14. The van der Waals surface area contributed by atoms with Crippen LogP contribution in [0.1, 0.15) is 33.1 Å². The van der Waals surface area contributed by atoms with Gasteiger partial charge in [-0.3, -0.25) is 4.79 Å². The minimum atomic E-state index is -0.470. The van der Waals surface area contributed by atoms with Crippen LogP contribution in [-0.2, 0) is 4.79 Å². The normalized spacial score (nSPS) is 19.2. The minimum Gasteiger partial charge on any atom is -0.497 e. The average Bonchev–Trinajstić information content (AvgIpc) is 3.24. The van der Waals surface area contributed by atoms with Crippen LogP contribution < -0.4 is 15.4 Å². The van der Waals surface area contributed by atoms with E-state index in [-0.39, 0.29) is 0 Å². The van der Waals surface area contributed by atoms with Crippen molar-refractivity contribution in [1.82, 2.24) is 10.6 Å².